The minimum atomic E-state index is -0.540. The molecule has 0 radical (unpaired) electrons. The van der Waals surface area contributed by atoms with Crippen molar-refractivity contribution < 1.29 is 9.59 Å². The number of fused-ring (bicyclic) bond motifs is 1. The van der Waals surface area contributed by atoms with E-state index in [1.807, 2.05) is 97.9 Å². The van der Waals surface area contributed by atoms with Gasteiger partial charge in [-0.05, 0) is 42.5 Å². The number of para-hydroxylation sites is 1. The smallest absolute Gasteiger partial charge is 0.269 e. The number of hydrogen-bond acceptors (Lipinski definition) is 4. The lowest BCUT2D eigenvalue weighted by Gasteiger charge is -2.18. The molecule has 1 aliphatic heterocycles. The predicted molar refractivity (Wildman–Crippen MR) is 145 cm³/mol. The Morgan fingerprint density at radius 3 is 2.47 bits per heavy atom. The van der Waals surface area contributed by atoms with E-state index >= 15 is 0 Å². The van der Waals surface area contributed by atoms with Crippen LogP contribution in [0.5, 0.6) is 0 Å². The van der Waals surface area contributed by atoms with Crippen molar-refractivity contribution in [3.05, 3.63) is 119 Å². The first-order valence-corrected chi connectivity index (χ1v) is 12.5. The van der Waals surface area contributed by atoms with Gasteiger partial charge in [-0.25, -0.2) is 0 Å². The first-order valence-electron chi connectivity index (χ1n) is 11.6. The van der Waals surface area contributed by atoms with Gasteiger partial charge in [-0.3, -0.25) is 14.5 Å². The van der Waals surface area contributed by atoms with Crippen molar-refractivity contribution in [2.24, 2.45) is 0 Å². The van der Waals surface area contributed by atoms with E-state index in [4.69, 9.17) is 0 Å². The van der Waals surface area contributed by atoms with E-state index in [1.165, 1.54) is 16.7 Å². The molecule has 1 heterocycles. The SMILES string of the molecule is Cc1cccc(C[C@H]2S/C(=C(/C#N)C(=O)Nc3cccc4ccccc34)N(c3ccccc3)C2=O)c1. The number of thioether (sulfide) groups is 1. The van der Waals surface area contributed by atoms with E-state index in [2.05, 4.69) is 17.5 Å². The third kappa shape index (κ3) is 4.61. The summed E-state index contributed by atoms with van der Waals surface area (Å²) >= 11 is 1.27. The average Bonchev–Trinajstić information content (AvgIpc) is 3.20. The van der Waals surface area contributed by atoms with Crippen LogP contribution in [0.2, 0.25) is 0 Å². The van der Waals surface area contributed by atoms with Crippen LogP contribution < -0.4 is 10.2 Å². The van der Waals surface area contributed by atoms with Crippen LogP contribution in [0.3, 0.4) is 0 Å². The van der Waals surface area contributed by atoms with Gasteiger partial charge in [0.25, 0.3) is 5.91 Å². The molecule has 4 aromatic rings. The molecule has 5 nitrogen and oxygen atoms in total. The molecule has 6 heteroatoms. The fourth-order valence-corrected chi connectivity index (χ4v) is 5.68. The molecule has 2 amide bonds. The summed E-state index contributed by atoms with van der Waals surface area (Å²) in [6.45, 7) is 2.01. The molecule has 0 aliphatic carbocycles. The number of carbonyl (C=O) groups excluding carboxylic acids is 2. The van der Waals surface area contributed by atoms with E-state index in [1.54, 1.807) is 0 Å². The monoisotopic (exact) mass is 489 g/mol. The molecule has 1 N–H and O–H groups in total. The zero-order valence-electron chi connectivity index (χ0n) is 19.6. The standard InChI is InChI=1S/C30H23N3O2S/c1-20-9-7-10-21(17-20)18-27-29(35)33(23-13-3-2-4-14-23)30(36-27)25(19-31)28(34)32-26-16-8-12-22-11-5-6-15-24(22)26/h2-17,27H,18H2,1H3,(H,32,34)/b30-25-/t27-/m1/s1. The van der Waals surface area contributed by atoms with Crippen LogP contribution in [0, 0.1) is 18.3 Å². The van der Waals surface area contributed by atoms with Gasteiger partial charge in [-0.1, -0.05) is 96.2 Å². The Labute approximate surface area is 214 Å². The Morgan fingerprint density at radius 2 is 1.69 bits per heavy atom. The Hall–Kier alpha value is -4.34. The highest BCUT2D eigenvalue weighted by molar-refractivity contribution is 8.05. The van der Waals surface area contributed by atoms with Gasteiger partial charge in [0.2, 0.25) is 5.91 Å². The molecular weight excluding hydrogens is 466 g/mol. The van der Waals surface area contributed by atoms with Gasteiger partial charge in [0.15, 0.2) is 0 Å². The molecule has 0 unspecified atom stereocenters. The lowest BCUT2D eigenvalue weighted by molar-refractivity contribution is -0.117. The second-order valence-electron chi connectivity index (χ2n) is 8.58. The summed E-state index contributed by atoms with van der Waals surface area (Å²) in [6, 6.07) is 32.6. The Kier molecular flexibility index (Phi) is 6.57. The molecule has 0 aromatic heterocycles. The van der Waals surface area contributed by atoms with E-state index in [9.17, 15) is 14.9 Å². The molecule has 0 bridgehead atoms. The number of nitrogens with zero attached hydrogens (tertiary/aromatic N) is 2. The highest BCUT2D eigenvalue weighted by atomic mass is 32.2. The molecule has 1 fully saturated rings. The van der Waals surface area contributed by atoms with Crippen LogP contribution in [0.15, 0.2) is 108 Å². The third-order valence-corrected chi connectivity index (χ3v) is 7.32. The molecule has 36 heavy (non-hydrogen) atoms. The van der Waals surface area contributed by atoms with Gasteiger partial charge in [-0.2, -0.15) is 5.26 Å². The second-order valence-corrected chi connectivity index (χ2v) is 9.77. The van der Waals surface area contributed by atoms with Gasteiger partial charge in [0, 0.05) is 16.8 Å². The quantitative estimate of drug-likeness (QED) is 0.267. The predicted octanol–water partition coefficient (Wildman–Crippen LogP) is 6.21. The van der Waals surface area contributed by atoms with Gasteiger partial charge < -0.3 is 5.32 Å². The Balaban J connectivity index is 1.53. The molecule has 1 saturated heterocycles. The van der Waals surface area contributed by atoms with Crippen LogP contribution in [-0.4, -0.2) is 17.1 Å². The van der Waals surface area contributed by atoms with Crippen LogP contribution in [0.4, 0.5) is 11.4 Å². The molecule has 176 valence electrons. The van der Waals surface area contributed by atoms with E-state index < -0.39 is 11.2 Å². The van der Waals surface area contributed by atoms with Crippen LogP contribution in [0.25, 0.3) is 10.8 Å². The fourth-order valence-electron chi connectivity index (χ4n) is 4.37. The average molecular weight is 490 g/mol. The van der Waals surface area contributed by atoms with Crippen LogP contribution in [0.1, 0.15) is 11.1 Å². The van der Waals surface area contributed by atoms with Crippen molar-refractivity contribution in [2.45, 2.75) is 18.6 Å². The first kappa shape index (κ1) is 23.4. The summed E-state index contributed by atoms with van der Waals surface area (Å²) in [5, 5.41) is 14.8. The van der Waals surface area contributed by atoms with Crippen molar-refractivity contribution in [3.63, 3.8) is 0 Å². The number of nitriles is 1. The number of carbonyl (C=O) groups is 2. The number of anilines is 2. The first-order chi connectivity index (χ1) is 17.5. The summed E-state index contributed by atoms with van der Waals surface area (Å²) in [5.41, 5.74) is 3.31. The van der Waals surface area contributed by atoms with Gasteiger partial charge in [0.1, 0.15) is 16.7 Å². The minimum absolute atomic E-state index is 0.0862. The summed E-state index contributed by atoms with van der Waals surface area (Å²) in [4.78, 5) is 28.5. The van der Waals surface area contributed by atoms with E-state index in [0.29, 0.717) is 22.8 Å². The van der Waals surface area contributed by atoms with Gasteiger partial charge in [0.05, 0.1) is 5.25 Å². The Bertz CT molecular complexity index is 1530. The van der Waals surface area contributed by atoms with Crippen molar-refractivity contribution in [3.8, 4) is 6.07 Å². The maximum Gasteiger partial charge on any atom is 0.269 e. The molecule has 1 atom stereocenters. The minimum Gasteiger partial charge on any atom is -0.321 e. The molecule has 4 aromatic carbocycles. The largest absolute Gasteiger partial charge is 0.321 e. The maximum atomic E-state index is 13.6. The number of nitrogens with one attached hydrogen (secondary N) is 1. The highest BCUT2D eigenvalue weighted by Crippen LogP contribution is 2.42. The van der Waals surface area contributed by atoms with Crippen molar-refractivity contribution in [1.29, 1.82) is 5.26 Å². The van der Waals surface area contributed by atoms with Gasteiger partial charge >= 0.3 is 0 Å². The van der Waals surface area contributed by atoms with Gasteiger partial charge in [-0.15, -0.1) is 0 Å². The summed E-state index contributed by atoms with van der Waals surface area (Å²) < 4.78 is 0. The number of benzene rings is 4. The zero-order valence-corrected chi connectivity index (χ0v) is 20.5. The summed E-state index contributed by atoms with van der Waals surface area (Å²) in [6.07, 6.45) is 0.502. The van der Waals surface area contributed by atoms with Crippen molar-refractivity contribution in [1.82, 2.24) is 0 Å². The molecule has 1 aliphatic rings. The lowest BCUT2D eigenvalue weighted by Crippen LogP contribution is -2.30. The number of rotatable bonds is 5. The van der Waals surface area contributed by atoms with Crippen molar-refractivity contribution in [2.75, 3.05) is 10.2 Å². The molecule has 0 saturated carbocycles. The zero-order chi connectivity index (χ0) is 25.1. The molecule has 0 spiro atoms. The topological polar surface area (TPSA) is 73.2 Å². The van der Waals surface area contributed by atoms with Crippen molar-refractivity contribution >= 4 is 45.7 Å². The van der Waals surface area contributed by atoms with E-state index in [-0.39, 0.29) is 11.5 Å². The summed E-state index contributed by atoms with van der Waals surface area (Å²) in [5.74, 6) is -0.685. The maximum absolute atomic E-state index is 13.6. The lowest BCUT2D eigenvalue weighted by atomic mass is 10.1. The number of hydrogen-bond donors (Lipinski definition) is 1. The normalized spacial score (nSPS) is 16.6. The molecular formula is C30H23N3O2S. The third-order valence-electron chi connectivity index (χ3n) is 6.06. The van der Waals surface area contributed by atoms with Crippen LogP contribution in [-0.2, 0) is 16.0 Å². The van der Waals surface area contributed by atoms with Crippen LogP contribution >= 0.6 is 11.8 Å². The highest BCUT2D eigenvalue weighted by Gasteiger charge is 2.40. The second kappa shape index (κ2) is 10.1. The fraction of sp³-hybridized carbons (Fsp3) is 0.100. The summed E-state index contributed by atoms with van der Waals surface area (Å²) in [7, 11) is 0. The number of aryl methyl sites for hydroxylation is 1. The molecule has 5 rings (SSSR count). The van der Waals surface area contributed by atoms with E-state index in [0.717, 1.165) is 21.9 Å². The Morgan fingerprint density at radius 1 is 0.972 bits per heavy atom. The number of amides is 2.